The highest BCUT2D eigenvalue weighted by Crippen LogP contribution is 2.19. The molecule has 7 heteroatoms. The van der Waals surface area contributed by atoms with Gasteiger partial charge in [0.15, 0.2) is 5.82 Å². The SMILES string of the molecule is O=C(Nc1cnn(-c2ccccc2)n1)c1ccc(OC2CCOCC2)cc1. The van der Waals surface area contributed by atoms with Crippen molar-refractivity contribution in [2.75, 3.05) is 18.5 Å². The van der Waals surface area contributed by atoms with E-state index in [0.717, 1.165) is 37.5 Å². The second-order valence-electron chi connectivity index (χ2n) is 6.26. The Balaban J connectivity index is 1.37. The van der Waals surface area contributed by atoms with Crippen molar-refractivity contribution in [2.45, 2.75) is 18.9 Å². The van der Waals surface area contributed by atoms with Crippen LogP contribution in [0.4, 0.5) is 5.82 Å². The number of hydrogen-bond donors (Lipinski definition) is 1. The smallest absolute Gasteiger partial charge is 0.256 e. The van der Waals surface area contributed by atoms with Crippen LogP contribution in [-0.2, 0) is 4.74 Å². The molecule has 1 fully saturated rings. The molecule has 1 aliphatic heterocycles. The molecule has 0 spiro atoms. The van der Waals surface area contributed by atoms with Crippen LogP contribution in [0.2, 0.25) is 0 Å². The second kappa shape index (κ2) is 8.01. The van der Waals surface area contributed by atoms with Crippen molar-refractivity contribution in [1.82, 2.24) is 15.0 Å². The quantitative estimate of drug-likeness (QED) is 0.753. The number of anilines is 1. The molecule has 1 aliphatic rings. The molecule has 0 radical (unpaired) electrons. The summed E-state index contributed by atoms with van der Waals surface area (Å²) in [5.74, 6) is 0.910. The third-order valence-electron chi connectivity index (χ3n) is 4.31. The van der Waals surface area contributed by atoms with Crippen LogP contribution in [-0.4, -0.2) is 40.2 Å². The Hall–Kier alpha value is -3.19. The van der Waals surface area contributed by atoms with Gasteiger partial charge in [-0.05, 0) is 36.4 Å². The van der Waals surface area contributed by atoms with Gasteiger partial charge in [-0.15, -0.1) is 9.90 Å². The number of amides is 1. The summed E-state index contributed by atoms with van der Waals surface area (Å²) in [5, 5.41) is 11.2. The van der Waals surface area contributed by atoms with E-state index in [1.165, 1.54) is 11.0 Å². The number of carbonyl (C=O) groups is 1. The lowest BCUT2D eigenvalue weighted by Crippen LogP contribution is -2.25. The Morgan fingerprint density at radius 1 is 1.07 bits per heavy atom. The number of aromatic nitrogens is 3. The van der Waals surface area contributed by atoms with Gasteiger partial charge in [-0.2, -0.15) is 5.10 Å². The highest BCUT2D eigenvalue weighted by atomic mass is 16.5. The number of nitrogens with zero attached hydrogens (tertiary/aromatic N) is 3. The molecule has 2 aromatic carbocycles. The van der Waals surface area contributed by atoms with Crippen LogP contribution < -0.4 is 10.1 Å². The molecule has 3 aromatic rings. The minimum atomic E-state index is -0.243. The van der Waals surface area contributed by atoms with E-state index in [2.05, 4.69) is 15.5 Å². The molecule has 1 saturated heterocycles. The van der Waals surface area contributed by atoms with E-state index in [0.29, 0.717) is 11.4 Å². The number of hydrogen-bond acceptors (Lipinski definition) is 5. The van der Waals surface area contributed by atoms with Crippen molar-refractivity contribution in [3.8, 4) is 11.4 Å². The minimum Gasteiger partial charge on any atom is -0.490 e. The van der Waals surface area contributed by atoms with E-state index in [9.17, 15) is 4.79 Å². The van der Waals surface area contributed by atoms with Crippen molar-refractivity contribution >= 4 is 11.7 Å². The van der Waals surface area contributed by atoms with Gasteiger partial charge in [0.25, 0.3) is 5.91 Å². The predicted molar refractivity (Wildman–Crippen MR) is 100 cm³/mol. The normalized spacial score (nSPS) is 14.7. The summed E-state index contributed by atoms with van der Waals surface area (Å²) in [6, 6.07) is 16.6. The Bertz CT molecular complexity index is 887. The van der Waals surface area contributed by atoms with Gasteiger partial charge < -0.3 is 14.8 Å². The fourth-order valence-corrected chi connectivity index (χ4v) is 2.87. The van der Waals surface area contributed by atoms with Gasteiger partial charge in [0.05, 0.1) is 25.1 Å². The number of nitrogens with one attached hydrogen (secondary N) is 1. The lowest BCUT2D eigenvalue weighted by atomic mass is 10.1. The van der Waals surface area contributed by atoms with Crippen LogP contribution in [0.25, 0.3) is 5.69 Å². The standard InChI is InChI=1S/C20H20N4O3/c25-20(22-19-14-21-24(23-19)16-4-2-1-3-5-16)15-6-8-17(9-7-15)27-18-10-12-26-13-11-18/h1-9,14,18H,10-13H2,(H,22,23,25). The maximum atomic E-state index is 12.4. The summed E-state index contributed by atoms with van der Waals surface area (Å²) in [7, 11) is 0. The fraction of sp³-hybridized carbons (Fsp3) is 0.250. The summed E-state index contributed by atoms with van der Waals surface area (Å²) < 4.78 is 11.3. The van der Waals surface area contributed by atoms with Gasteiger partial charge in [0, 0.05) is 18.4 Å². The number of para-hydroxylation sites is 1. The highest BCUT2D eigenvalue weighted by Gasteiger charge is 2.15. The zero-order valence-electron chi connectivity index (χ0n) is 14.7. The van der Waals surface area contributed by atoms with E-state index in [1.807, 2.05) is 42.5 Å². The highest BCUT2D eigenvalue weighted by molar-refractivity contribution is 6.03. The Morgan fingerprint density at radius 2 is 1.81 bits per heavy atom. The molecule has 27 heavy (non-hydrogen) atoms. The predicted octanol–water partition coefficient (Wildman–Crippen LogP) is 3.08. The van der Waals surface area contributed by atoms with Gasteiger partial charge in [-0.1, -0.05) is 18.2 Å². The number of rotatable bonds is 5. The molecule has 7 nitrogen and oxygen atoms in total. The molecule has 0 aliphatic carbocycles. The second-order valence-corrected chi connectivity index (χ2v) is 6.26. The molecule has 0 bridgehead atoms. The molecule has 2 heterocycles. The van der Waals surface area contributed by atoms with E-state index < -0.39 is 0 Å². The van der Waals surface area contributed by atoms with E-state index in [-0.39, 0.29) is 12.0 Å². The van der Waals surface area contributed by atoms with Crippen molar-refractivity contribution in [3.63, 3.8) is 0 Å². The first-order chi connectivity index (χ1) is 13.3. The van der Waals surface area contributed by atoms with Gasteiger partial charge in [0.1, 0.15) is 11.9 Å². The largest absolute Gasteiger partial charge is 0.490 e. The molecule has 0 saturated carbocycles. The third-order valence-corrected chi connectivity index (χ3v) is 4.31. The van der Waals surface area contributed by atoms with Crippen molar-refractivity contribution < 1.29 is 14.3 Å². The maximum Gasteiger partial charge on any atom is 0.256 e. The first-order valence-electron chi connectivity index (χ1n) is 8.91. The Morgan fingerprint density at radius 3 is 2.56 bits per heavy atom. The van der Waals surface area contributed by atoms with Crippen LogP contribution in [0, 0.1) is 0 Å². The number of carbonyl (C=O) groups excluding carboxylic acids is 1. The molecule has 0 atom stereocenters. The lowest BCUT2D eigenvalue weighted by Gasteiger charge is -2.23. The van der Waals surface area contributed by atoms with E-state index in [1.54, 1.807) is 12.1 Å². The summed E-state index contributed by atoms with van der Waals surface area (Å²) in [6.07, 6.45) is 3.47. The summed E-state index contributed by atoms with van der Waals surface area (Å²) >= 11 is 0. The molecular formula is C20H20N4O3. The van der Waals surface area contributed by atoms with Crippen molar-refractivity contribution in [2.24, 2.45) is 0 Å². The first-order valence-corrected chi connectivity index (χ1v) is 8.91. The van der Waals surface area contributed by atoms with Crippen LogP contribution >= 0.6 is 0 Å². The maximum absolute atomic E-state index is 12.4. The summed E-state index contributed by atoms with van der Waals surface area (Å²) in [4.78, 5) is 13.9. The molecule has 138 valence electrons. The van der Waals surface area contributed by atoms with Gasteiger partial charge >= 0.3 is 0 Å². The zero-order chi connectivity index (χ0) is 18.5. The summed E-state index contributed by atoms with van der Waals surface area (Å²) in [5.41, 5.74) is 1.36. The third kappa shape index (κ3) is 4.32. The number of benzene rings is 2. The molecule has 1 aromatic heterocycles. The molecular weight excluding hydrogens is 344 g/mol. The van der Waals surface area contributed by atoms with Crippen LogP contribution in [0.15, 0.2) is 60.8 Å². The zero-order valence-corrected chi connectivity index (χ0v) is 14.7. The topological polar surface area (TPSA) is 78.3 Å². The average Bonchev–Trinajstić information content (AvgIpc) is 3.18. The number of ether oxygens (including phenoxy) is 2. The van der Waals surface area contributed by atoms with E-state index >= 15 is 0 Å². The van der Waals surface area contributed by atoms with Crippen LogP contribution in [0.5, 0.6) is 5.75 Å². The molecule has 1 amide bonds. The lowest BCUT2D eigenvalue weighted by molar-refractivity contribution is 0.0256. The van der Waals surface area contributed by atoms with Crippen molar-refractivity contribution in [1.29, 1.82) is 0 Å². The van der Waals surface area contributed by atoms with E-state index in [4.69, 9.17) is 9.47 Å². The Labute approximate surface area is 156 Å². The minimum absolute atomic E-state index is 0.173. The fourth-order valence-electron chi connectivity index (χ4n) is 2.87. The van der Waals surface area contributed by atoms with Crippen LogP contribution in [0.1, 0.15) is 23.2 Å². The first kappa shape index (κ1) is 17.2. The molecule has 4 rings (SSSR count). The van der Waals surface area contributed by atoms with Crippen molar-refractivity contribution in [3.05, 3.63) is 66.4 Å². The van der Waals surface area contributed by atoms with Gasteiger partial charge in [0.2, 0.25) is 0 Å². The van der Waals surface area contributed by atoms with Gasteiger partial charge in [-0.3, -0.25) is 4.79 Å². The average molecular weight is 364 g/mol. The monoisotopic (exact) mass is 364 g/mol. The van der Waals surface area contributed by atoms with Gasteiger partial charge in [-0.25, -0.2) is 0 Å². The summed E-state index contributed by atoms with van der Waals surface area (Å²) in [6.45, 7) is 1.46. The van der Waals surface area contributed by atoms with Crippen LogP contribution in [0.3, 0.4) is 0 Å². The Kier molecular flexibility index (Phi) is 5.11. The molecule has 0 unspecified atom stereocenters. The molecule has 1 N–H and O–H groups in total.